The quantitative estimate of drug-likeness (QED) is 0.350. The molecule has 0 bridgehead atoms. The molecule has 0 spiro atoms. The number of halogens is 1. The Labute approximate surface area is 170 Å². The van der Waals surface area contributed by atoms with Gasteiger partial charge in [0.05, 0.1) is 15.8 Å². The van der Waals surface area contributed by atoms with Gasteiger partial charge in [-0.05, 0) is 42.0 Å². The molecule has 0 atom stereocenters. The summed E-state index contributed by atoms with van der Waals surface area (Å²) in [6.45, 7) is 0. The van der Waals surface area contributed by atoms with Crippen LogP contribution in [0.25, 0.3) is 28.7 Å². The maximum atomic E-state index is 13.2. The minimum absolute atomic E-state index is 0.152. The first-order valence-corrected chi connectivity index (χ1v) is 9.12. The first-order valence-electron chi connectivity index (χ1n) is 8.74. The number of nitrogens with zero attached hydrogens (tertiary/aromatic N) is 3. The van der Waals surface area contributed by atoms with Crippen LogP contribution in [0.15, 0.2) is 77.6 Å². The van der Waals surface area contributed by atoms with Crippen LogP contribution in [0.4, 0.5) is 5.69 Å². The molecule has 6 nitrogen and oxygen atoms in total. The lowest BCUT2D eigenvalue weighted by atomic mass is 10.2. The van der Waals surface area contributed by atoms with Crippen LogP contribution >= 0.6 is 11.6 Å². The molecule has 1 heterocycles. The number of nitro benzene ring substituents is 1. The van der Waals surface area contributed by atoms with Crippen LogP contribution in [0.2, 0.25) is 5.02 Å². The van der Waals surface area contributed by atoms with Gasteiger partial charge >= 0.3 is 0 Å². The number of rotatable bonds is 4. The molecular weight excluding hydrogens is 390 g/mol. The Hall–Kier alpha value is -3.77. The highest BCUT2D eigenvalue weighted by atomic mass is 35.5. The smallest absolute Gasteiger partial charge is 0.268 e. The van der Waals surface area contributed by atoms with Crippen molar-refractivity contribution in [2.24, 2.45) is 0 Å². The minimum Gasteiger partial charge on any atom is -0.268 e. The predicted molar refractivity (Wildman–Crippen MR) is 114 cm³/mol. The standard InChI is InChI=1S/C22H14ClN3O3/c23-17-9-3-1-7-15(17)13-14-21-24-18-10-4-2-8-16(18)22(27)25(21)19-11-5-6-12-20(19)26(28)29/h1-14H/b14-13+. The number of fused-ring (bicyclic) bond motifs is 1. The van der Waals surface area contributed by atoms with E-state index in [1.165, 1.54) is 16.7 Å². The van der Waals surface area contributed by atoms with Crippen molar-refractivity contribution in [3.8, 4) is 5.69 Å². The molecule has 4 rings (SSSR count). The van der Waals surface area contributed by atoms with Gasteiger partial charge in [-0.1, -0.05) is 54.1 Å². The predicted octanol–water partition coefficient (Wildman–Crippen LogP) is 5.12. The SMILES string of the molecule is O=c1c2ccccc2nc(/C=C/c2ccccc2Cl)n1-c1ccccc1[N+](=O)[O-]. The van der Waals surface area contributed by atoms with Gasteiger partial charge in [-0.3, -0.25) is 19.5 Å². The van der Waals surface area contributed by atoms with Crippen LogP contribution < -0.4 is 5.56 Å². The highest BCUT2D eigenvalue weighted by Crippen LogP contribution is 2.24. The summed E-state index contributed by atoms with van der Waals surface area (Å²) in [5.74, 6) is 0.267. The Bertz CT molecular complexity index is 1330. The molecule has 0 radical (unpaired) electrons. The Kier molecular flexibility index (Phi) is 4.93. The van der Waals surface area contributed by atoms with E-state index in [4.69, 9.17) is 11.6 Å². The molecule has 0 saturated heterocycles. The average molecular weight is 404 g/mol. The van der Waals surface area contributed by atoms with E-state index in [-0.39, 0.29) is 22.8 Å². The molecule has 3 aromatic carbocycles. The third-order valence-corrected chi connectivity index (χ3v) is 4.78. The van der Waals surface area contributed by atoms with E-state index >= 15 is 0 Å². The van der Waals surface area contributed by atoms with E-state index in [9.17, 15) is 14.9 Å². The Balaban J connectivity index is 2.02. The molecule has 0 aliphatic carbocycles. The number of hydrogen-bond donors (Lipinski definition) is 0. The summed E-state index contributed by atoms with van der Waals surface area (Å²) in [5.41, 5.74) is 0.833. The second kappa shape index (κ2) is 7.69. The van der Waals surface area contributed by atoms with Crippen molar-refractivity contribution in [3.63, 3.8) is 0 Å². The van der Waals surface area contributed by atoms with Crippen molar-refractivity contribution < 1.29 is 4.92 Å². The zero-order valence-corrected chi connectivity index (χ0v) is 15.8. The molecule has 7 heteroatoms. The Morgan fingerprint density at radius 2 is 1.62 bits per heavy atom. The van der Waals surface area contributed by atoms with Crippen molar-refractivity contribution in [2.45, 2.75) is 0 Å². The van der Waals surface area contributed by atoms with E-state index in [1.807, 2.05) is 18.2 Å². The second-order valence-corrected chi connectivity index (χ2v) is 6.64. The normalized spacial score (nSPS) is 11.2. The fourth-order valence-corrected chi connectivity index (χ4v) is 3.28. The van der Waals surface area contributed by atoms with Crippen LogP contribution in [0.5, 0.6) is 0 Å². The molecule has 0 N–H and O–H groups in total. The molecule has 0 saturated carbocycles. The number of nitro groups is 1. The molecule has 29 heavy (non-hydrogen) atoms. The van der Waals surface area contributed by atoms with Gasteiger partial charge in [0.25, 0.3) is 11.2 Å². The second-order valence-electron chi connectivity index (χ2n) is 6.23. The number of para-hydroxylation sites is 3. The number of hydrogen-bond acceptors (Lipinski definition) is 4. The van der Waals surface area contributed by atoms with Crippen LogP contribution in [-0.2, 0) is 0 Å². The van der Waals surface area contributed by atoms with Gasteiger partial charge < -0.3 is 0 Å². The lowest BCUT2D eigenvalue weighted by molar-refractivity contribution is -0.384. The van der Waals surface area contributed by atoms with Gasteiger partial charge in [0.15, 0.2) is 0 Å². The van der Waals surface area contributed by atoms with Crippen molar-refractivity contribution in [1.29, 1.82) is 0 Å². The monoisotopic (exact) mass is 403 g/mol. The van der Waals surface area contributed by atoms with Crippen molar-refractivity contribution in [2.75, 3.05) is 0 Å². The topological polar surface area (TPSA) is 78.0 Å². The molecule has 0 amide bonds. The highest BCUT2D eigenvalue weighted by Gasteiger charge is 2.19. The Morgan fingerprint density at radius 3 is 2.41 bits per heavy atom. The van der Waals surface area contributed by atoms with Crippen LogP contribution in [0.1, 0.15) is 11.4 Å². The van der Waals surface area contributed by atoms with Crippen LogP contribution in [0, 0.1) is 10.1 Å². The lowest BCUT2D eigenvalue weighted by Crippen LogP contribution is -2.23. The third kappa shape index (κ3) is 3.53. The molecule has 142 valence electrons. The van der Waals surface area contributed by atoms with Gasteiger partial charge in [-0.25, -0.2) is 4.98 Å². The molecular formula is C22H14ClN3O3. The third-order valence-electron chi connectivity index (χ3n) is 4.44. The van der Waals surface area contributed by atoms with Crippen molar-refractivity contribution >= 4 is 40.3 Å². The summed E-state index contributed by atoms with van der Waals surface area (Å²) >= 11 is 6.21. The number of benzene rings is 3. The lowest BCUT2D eigenvalue weighted by Gasteiger charge is -2.11. The summed E-state index contributed by atoms with van der Waals surface area (Å²) in [4.78, 5) is 28.8. The molecule has 1 aromatic heterocycles. The minimum atomic E-state index is -0.515. The average Bonchev–Trinajstić information content (AvgIpc) is 2.73. The zero-order valence-electron chi connectivity index (χ0n) is 15.0. The summed E-state index contributed by atoms with van der Waals surface area (Å²) in [6, 6.07) is 20.2. The maximum absolute atomic E-state index is 13.2. The molecule has 0 unspecified atom stereocenters. The summed E-state index contributed by atoms with van der Waals surface area (Å²) < 4.78 is 1.26. The summed E-state index contributed by atoms with van der Waals surface area (Å²) in [6.07, 6.45) is 3.36. The largest absolute Gasteiger partial charge is 0.293 e. The van der Waals surface area contributed by atoms with E-state index in [0.29, 0.717) is 15.9 Å². The van der Waals surface area contributed by atoms with Crippen LogP contribution in [-0.4, -0.2) is 14.5 Å². The van der Waals surface area contributed by atoms with E-state index in [1.54, 1.807) is 54.6 Å². The van der Waals surface area contributed by atoms with Gasteiger partial charge in [-0.15, -0.1) is 0 Å². The van der Waals surface area contributed by atoms with Crippen molar-refractivity contribution in [1.82, 2.24) is 9.55 Å². The van der Waals surface area contributed by atoms with E-state index in [2.05, 4.69) is 4.98 Å². The molecule has 0 fully saturated rings. The maximum Gasteiger partial charge on any atom is 0.293 e. The fraction of sp³-hybridized carbons (Fsp3) is 0. The van der Waals surface area contributed by atoms with Gasteiger partial charge in [0, 0.05) is 11.1 Å². The number of aromatic nitrogens is 2. The van der Waals surface area contributed by atoms with E-state index < -0.39 is 4.92 Å². The van der Waals surface area contributed by atoms with Crippen molar-refractivity contribution in [3.05, 3.63) is 110 Å². The van der Waals surface area contributed by atoms with Gasteiger partial charge in [0.2, 0.25) is 0 Å². The summed E-state index contributed by atoms with van der Waals surface area (Å²) in [7, 11) is 0. The zero-order chi connectivity index (χ0) is 20.4. The Morgan fingerprint density at radius 1 is 0.931 bits per heavy atom. The first-order chi connectivity index (χ1) is 14.1. The highest BCUT2D eigenvalue weighted by molar-refractivity contribution is 6.32. The fourth-order valence-electron chi connectivity index (χ4n) is 3.08. The molecule has 0 aliphatic rings. The van der Waals surface area contributed by atoms with Crippen LogP contribution in [0.3, 0.4) is 0 Å². The first kappa shape index (κ1) is 18.6. The summed E-state index contributed by atoms with van der Waals surface area (Å²) in [5, 5.41) is 12.5. The van der Waals surface area contributed by atoms with E-state index in [0.717, 1.165) is 5.56 Å². The molecule has 0 aliphatic heterocycles. The van der Waals surface area contributed by atoms with Gasteiger partial charge in [0.1, 0.15) is 11.5 Å². The molecule has 4 aromatic rings. The van der Waals surface area contributed by atoms with Gasteiger partial charge in [-0.2, -0.15) is 0 Å².